The topological polar surface area (TPSA) is 88.4 Å². The van der Waals surface area contributed by atoms with Crippen LogP contribution in [0.4, 0.5) is 11.6 Å². The normalized spacial score (nSPS) is 15.5. The zero-order valence-electron chi connectivity index (χ0n) is 18.0. The molecule has 1 N–H and O–H groups in total. The average Bonchev–Trinajstić information content (AvgIpc) is 3.29. The molecular weight excluding hydrogens is 394 g/mol. The summed E-state index contributed by atoms with van der Waals surface area (Å²) >= 11 is 0. The van der Waals surface area contributed by atoms with Crippen molar-refractivity contribution in [2.45, 2.75) is 19.9 Å². The Bertz CT molecular complexity index is 1030. The Labute approximate surface area is 181 Å². The van der Waals surface area contributed by atoms with E-state index in [9.17, 15) is 4.79 Å². The molecule has 4 rings (SSSR count). The minimum Gasteiger partial charge on any atom is -0.495 e. The fourth-order valence-corrected chi connectivity index (χ4v) is 3.75. The highest BCUT2D eigenvalue weighted by atomic mass is 16.5. The number of ether oxygens (including phenoxy) is 1. The van der Waals surface area contributed by atoms with Crippen molar-refractivity contribution < 1.29 is 9.53 Å². The minimum absolute atomic E-state index is 0.0496. The Balaban J connectivity index is 1.39. The highest BCUT2D eigenvalue weighted by molar-refractivity contribution is 5.96. The van der Waals surface area contributed by atoms with Crippen LogP contribution in [0.2, 0.25) is 0 Å². The standard InChI is InChI=1S/C22H27N7O2/c1-16-9-10-20(31-3)19(15-16)23-21(30)17(2)27-11-13-28(14-12-27)22-24-25-26-29(22)18-7-5-4-6-8-18/h4-10,15,17H,11-14H2,1-3H3,(H,23,30). The summed E-state index contributed by atoms with van der Waals surface area (Å²) in [5.41, 5.74) is 2.68. The third-order valence-electron chi connectivity index (χ3n) is 5.59. The monoisotopic (exact) mass is 421 g/mol. The predicted molar refractivity (Wildman–Crippen MR) is 119 cm³/mol. The van der Waals surface area contributed by atoms with Gasteiger partial charge in [-0.2, -0.15) is 4.68 Å². The highest BCUT2D eigenvalue weighted by Gasteiger charge is 2.28. The molecule has 2 aromatic carbocycles. The summed E-state index contributed by atoms with van der Waals surface area (Å²) in [5, 5.41) is 15.2. The fourth-order valence-electron chi connectivity index (χ4n) is 3.75. The number of carbonyl (C=O) groups is 1. The third kappa shape index (κ3) is 4.51. The number of hydrogen-bond donors (Lipinski definition) is 1. The molecule has 1 atom stereocenters. The van der Waals surface area contributed by atoms with Crippen LogP contribution in [0.1, 0.15) is 12.5 Å². The minimum atomic E-state index is -0.266. The van der Waals surface area contributed by atoms with Crippen molar-refractivity contribution in [3.63, 3.8) is 0 Å². The summed E-state index contributed by atoms with van der Waals surface area (Å²) in [7, 11) is 1.60. The van der Waals surface area contributed by atoms with Crippen molar-refractivity contribution in [1.82, 2.24) is 25.1 Å². The molecule has 162 valence electrons. The number of aryl methyl sites for hydroxylation is 1. The van der Waals surface area contributed by atoms with Gasteiger partial charge < -0.3 is 15.0 Å². The first kappa shape index (κ1) is 20.8. The van der Waals surface area contributed by atoms with Gasteiger partial charge in [-0.1, -0.05) is 29.4 Å². The molecule has 1 aliphatic heterocycles. The molecule has 1 aliphatic rings. The van der Waals surface area contributed by atoms with Crippen LogP contribution in [0.15, 0.2) is 48.5 Å². The molecule has 3 aromatic rings. The molecule has 0 aliphatic carbocycles. The second kappa shape index (κ2) is 9.13. The molecule has 0 saturated carbocycles. The van der Waals surface area contributed by atoms with E-state index in [4.69, 9.17) is 4.74 Å². The van der Waals surface area contributed by atoms with E-state index >= 15 is 0 Å². The molecule has 9 heteroatoms. The maximum absolute atomic E-state index is 12.9. The van der Waals surface area contributed by atoms with Gasteiger partial charge in [0, 0.05) is 26.2 Å². The van der Waals surface area contributed by atoms with E-state index in [0.717, 1.165) is 37.4 Å². The molecule has 31 heavy (non-hydrogen) atoms. The van der Waals surface area contributed by atoms with Gasteiger partial charge in [0.2, 0.25) is 11.9 Å². The highest BCUT2D eigenvalue weighted by Crippen LogP contribution is 2.26. The largest absolute Gasteiger partial charge is 0.495 e. The van der Waals surface area contributed by atoms with Gasteiger partial charge in [0.15, 0.2) is 0 Å². The van der Waals surface area contributed by atoms with Crippen molar-refractivity contribution >= 4 is 17.5 Å². The molecule has 0 spiro atoms. The SMILES string of the molecule is COc1ccc(C)cc1NC(=O)C(C)N1CCN(c2nnnn2-c2ccccc2)CC1. The zero-order valence-corrected chi connectivity index (χ0v) is 18.0. The Kier molecular flexibility index (Phi) is 6.13. The number of benzene rings is 2. The van der Waals surface area contributed by atoms with E-state index in [1.165, 1.54) is 0 Å². The molecule has 1 fully saturated rings. The zero-order chi connectivity index (χ0) is 21.8. The lowest BCUT2D eigenvalue weighted by Gasteiger charge is -2.37. The van der Waals surface area contributed by atoms with Crippen LogP contribution >= 0.6 is 0 Å². The van der Waals surface area contributed by atoms with Crippen LogP contribution in [0.3, 0.4) is 0 Å². The van der Waals surface area contributed by atoms with Crippen molar-refractivity contribution in [3.8, 4) is 11.4 Å². The van der Waals surface area contributed by atoms with Crippen LogP contribution in [0, 0.1) is 6.92 Å². The number of methoxy groups -OCH3 is 1. The first-order valence-corrected chi connectivity index (χ1v) is 10.3. The van der Waals surface area contributed by atoms with Gasteiger partial charge in [-0.05, 0) is 54.1 Å². The third-order valence-corrected chi connectivity index (χ3v) is 5.59. The number of para-hydroxylation sites is 1. The van der Waals surface area contributed by atoms with Crippen molar-refractivity contribution in [3.05, 3.63) is 54.1 Å². The molecule has 0 bridgehead atoms. The maximum atomic E-state index is 12.9. The number of nitrogens with one attached hydrogen (secondary N) is 1. The maximum Gasteiger partial charge on any atom is 0.250 e. The number of hydrogen-bond acceptors (Lipinski definition) is 7. The van der Waals surface area contributed by atoms with Crippen molar-refractivity contribution in [2.75, 3.05) is 43.5 Å². The van der Waals surface area contributed by atoms with Crippen LogP contribution < -0.4 is 15.0 Å². The average molecular weight is 422 g/mol. The van der Waals surface area contributed by atoms with Gasteiger partial charge in [0.05, 0.1) is 24.5 Å². The molecule has 1 amide bonds. The quantitative estimate of drug-likeness (QED) is 0.652. The van der Waals surface area contributed by atoms with Gasteiger partial charge in [-0.25, -0.2) is 0 Å². The number of carbonyl (C=O) groups excluding carboxylic acids is 1. The summed E-state index contributed by atoms with van der Waals surface area (Å²) < 4.78 is 7.12. The summed E-state index contributed by atoms with van der Waals surface area (Å²) in [5.74, 6) is 1.32. The van der Waals surface area contributed by atoms with Crippen molar-refractivity contribution in [1.29, 1.82) is 0 Å². The summed E-state index contributed by atoms with van der Waals surface area (Å²) in [6.07, 6.45) is 0. The second-order valence-electron chi connectivity index (χ2n) is 7.62. The van der Waals surface area contributed by atoms with Gasteiger partial charge in [-0.15, -0.1) is 0 Å². The van der Waals surface area contributed by atoms with Crippen LogP contribution in [0.25, 0.3) is 5.69 Å². The lowest BCUT2D eigenvalue weighted by atomic mass is 10.1. The summed E-state index contributed by atoms with van der Waals surface area (Å²) in [6, 6.07) is 15.3. The predicted octanol–water partition coefficient (Wildman–Crippen LogP) is 2.13. The van der Waals surface area contributed by atoms with Crippen molar-refractivity contribution in [2.24, 2.45) is 0 Å². The van der Waals surface area contributed by atoms with E-state index in [-0.39, 0.29) is 11.9 Å². The lowest BCUT2D eigenvalue weighted by molar-refractivity contribution is -0.120. The van der Waals surface area contributed by atoms with E-state index < -0.39 is 0 Å². The van der Waals surface area contributed by atoms with Gasteiger partial charge >= 0.3 is 0 Å². The first-order valence-electron chi connectivity index (χ1n) is 10.3. The Morgan fingerprint density at radius 2 is 1.84 bits per heavy atom. The Morgan fingerprint density at radius 1 is 1.10 bits per heavy atom. The van der Waals surface area contributed by atoms with E-state index in [2.05, 4.69) is 30.6 Å². The molecule has 1 unspecified atom stereocenters. The van der Waals surface area contributed by atoms with Gasteiger partial charge in [-0.3, -0.25) is 9.69 Å². The molecule has 0 radical (unpaired) electrons. The van der Waals surface area contributed by atoms with Crippen LogP contribution in [0.5, 0.6) is 5.75 Å². The second-order valence-corrected chi connectivity index (χ2v) is 7.62. The fraction of sp³-hybridized carbons (Fsp3) is 0.364. The Hall–Kier alpha value is -3.46. The number of aromatic nitrogens is 4. The number of anilines is 2. The number of piperazine rings is 1. The Morgan fingerprint density at radius 3 is 2.55 bits per heavy atom. The van der Waals surface area contributed by atoms with Gasteiger partial charge in [0.1, 0.15) is 5.75 Å². The molecule has 2 heterocycles. The van der Waals surface area contributed by atoms with E-state index in [0.29, 0.717) is 17.4 Å². The number of amides is 1. The number of nitrogens with zero attached hydrogens (tertiary/aromatic N) is 6. The molecule has 9 nitrogen and oxygen atoms in total. The van der Waals surface area contributed by atoms with Crippen LogP contribution in [-0.4, -0.2) is 70.3 Å². The number of rotatable bonds is 6. The molecule has 1 aromatic heterocycles. The smallest absolute Gasteiger partial charge is 0.250 e. The van der Waals surface area contributed by atoms with Gasteiger partial charge in [0.25, 0.3) is 0 Å². The van der Waals surface area contributed by atoms with E-state index in [1.807, 2.05) is 62.4 Å². The summed E-state index contributed by atoms with van der Waals surface area (Å²) in [6.45, 7) is 6.86. The molecular formula is C22H27N7O2. The molecule has 1 saturated heterocycles. The number of tetrazole rings is 1. The first-order chi connectivity index (χ1) is 15.1. The van der Waals surface area contributed by atoms with E-state index in [1.54, 1.807) is 11.8 Å². The van der Waals surface area contributed by atoms with Crippen LogP contribution in [-0.2, 0) is 4.79 Å². The summed E-state index contributed by atoms with van der Waals surface area (Å²) in [4.78, 5) is 17.2. The lowest BCUT2D eigenvalue weighted by Crippen LogP contribution is -2.53.